The maximum Gasteiger partial charge on any atom is 0.244 e. The summed E-state index contributed by atoms with van der Waals surface area (Å²) in [6, 6.07) is 0.183. The lowest BCUT2D eigenvalue weighted by atomic mass is 10.2. The van der Waals surface area contributed by atoms with E-state index in [2.05, 4.69) is 30.2 Å². The summed E-state index contributed by atoms with van der Waals surface area (Å²) in [7, 11) is 0. The van der Waals surface area contributed by atoms with Crippen molar-refractivity contribution < 1.29 is 4.79 Å². The summed E-state index contributed by atoms with van der Waals surface area (Å²) < 4.78 is 3.87. The van der Waals surface area contributed by atoms with E-state index in [-0.39, 0.29) is 11.9 Å². The first-order valence-corrected chi connectivity index (χ1v) is 10.0. The summed E-state index contributed by atoms with van der Waals surface area (Å²) in [6.45, 7) is 2.43. The molecule has 2 aromatic rings. The van der Waals surface area contributed by atoms with E-state index < -0.39 is 0 Å². The lowest BCUT2D eigenvalue weighted by Gasteiger charge is -2.16. The molecule has 25 heavy (non-hydrogen) atoms. The maximum absolute atomic E-state index is 12.1. The molecule has 0 bridgehead atoms. The fourth-order valence-electron chi connectivity index (χ4n) is 3.29. The Morgan fingerprint density at radius 3 is 2.88 bits per heavy atom. The first-order valence-electron chi connectivity index (χ1n) is 8.80. The molecule has 0 saturated heterocycles. The van der Waals surface area contributed by atoms with Gasteiger partial charge in [0, 0.05) is 19.0 Å². The van der Waals surface area contributed by atoms with Gasteiger partial charge in [-0.2, -0.15) is 5.10 Å². The van der Waals surface area contributed by atoms with Crippen molar-refractivity contribution in [3.05, 3.63) is 18.5 Å². The highest BCUT2D eigenvalue weighted by Gasteiger charge is 2.23. The molecule has 1 aliphatic carbocycles. The molecule has 0 aliphatic heterocycles. The van der Waals surface area contributed by atoms with Crippen molar-refractivity contribution in [2.75, 3.05) is 12.8 Å². The molecule has 1 atom stereocenters. The number of aromatic nitrogens is 6. The van der Waals surface area contributed by atoms with Gasteiger partial charge in [-0.25, -0.2) is 9.67 Å². The molecule has 0 aromatic carbocycles. The highest BCUT2D eigenvalue weighted by atomic mass is 32.2. The van der Waals surface area contributed by atoms with E-state index in [0.717, 1.165) is 23.8 Å². The molecule has 1 aliphatic rings. The van der Waals surface area contributed by atoms with Crippen molar-refractivity contribution >= 4 is 17.7 Å². The minimum Gasteiger partial charge on any atom is -0.354 e. The maximum atomic E-state index is 12.1. The summed E-state index contributed by atoms with van der Waals surface area (Å²) in [4.78, 5) is 16.0. The highest BCUT2D eigenvalue weighted by molar-refractivity contribution is 7.98. The number of rotatable bonds is 8. The topological polar surface area (TPSA) is 90.5 Å². The van der Waals surface area contributed by atoms with Crippen molar-refractivity contribution in [3.8, 4) is 0 Å². The number of amides is 1. The molecule has 9 heteroatoms. The number of hydrogen-bond donors (Lipinski definition) is 1. The van der Waals surface area contributed by atoms with Gasteiger partial charge in [-0.1, -0.05) is 24.6 Å². The molecule has 0 radical (unpaired) electrons. The van der Waals surface area contributed by atoms with Crippen LogP contribution in [0.3, 0.4) is 0 Å². The second-order valence-corrected chi connectivity index (χ2v) is 7.13. The molecule has 1 amide bonds. The van der Waals surface area contributed by atoms with Crippen molar-refractivity contribution in [2.24, 2.45) is 0 Å². The molecule has 0 unspecified atom stereocenters. The summed E-state index contributed by atoms with van der Waals surface area (Å²) in [5.74, 6) is 0.988. The number of carbonyl (C=O) groups is 1. The van der Waals surface area contributed by atoms with Gasteiger partial charge in [0.15, 0.2) is 5.16 Å². The minimum atomic E-state index is -0.354. The van der Waals surface area contributed by atoms with Crippen LogP contribution in [0.5, 0.6) is 0 Å². The van der Waals surface area contributed by atoms with Crippen LogP contribution in [0.1, 0.15) is 56.9 Å². The van der Waals surface area contributed by atoms with Crippen molar-refractivity contribution in [2.45, 2.75) is 62.7 Å². The summed E-state index contributed by atoms with van der Waals surface area (Å²) in [5, 5.41) is 16.7. The van der Waals surface area contributed by atoms with E-state index in [1.165, 1.54) is 32.0 Å². The van der Waals surface area contributed by atoms with Crippen molar-refractivity contribution in [1.29, 1.82) is 0 Å². The van der Waals surface area contributed by atoms with Crippen LogP contribution in [0, 0.1) is 0 Å². The number of carbonyl (C=O) groups excluding carboxylic acids is 1. The molecule has 0 spiro atoms. The van der Waals surface area contributed by atoms with E-state index in [1.807, 2.05) is 13.2 Å². The zero-order valence-electron chi connectivity index (χ0n) is 14.8. The average molecular weight is 363 g/mol. The Balaban J connectivity index is 1.50. The van der Waals surface area contributed by atoms with Crippen LogP contribution in [0.15, 0.2) is 17.8 Å². The Hall–Kier alpha value is -1.90. The molecule has 1 N–H and O–H groups in total. The van der Waals surface area contributed by atoms with Gasteiger partial charge in [0.25, 0.3) is 0 Å². The molecule has 8 nitrogen and oxygen atoms in total. The largest absolute Gasteiger partial charge is 0.354 e. The molecule has 2 aromatic heterocycles. The molecular formula is C16H25N7OS. The van der Waals surface area contributed by atoms with E-state index >= 15 is 0 Å². The fraction of sp³-hybridized carbons (Fsp3) is 0.688. The van der Waals surface area contributed by atoms with Crippen LogP contribution in [0.4, 0.5) is 0 Å². The van der Waals surface area contributed by atoms with Crippen LogP contribution in [0.2, 0.25) is 0 Å². The van der Waals surface area contributed by atoms with E-state index in [1.54, 1.807) is 22.8 Å². The third-order valence-corrected chi connectivity index (χ3v) is 5.34. The Morgan fingerprint density at radius 2 is 2.20 bits per heavy atom. The Bertz CT molecular complexity index is 679. The normalized spacial score (nSPS) is 16.2. The predicted molar refractivity (Wildman–Crippen MR) is 95.4 cm³/mol. The van der Waals surface area contributed by atoms with Crippen LogP contribution in [-0.4, -0.2) is 48.2 Å². The van der Waals surface area contributed by atoms with Gasteiger partial charge in [0.05, 0.1) is 0 Å². The number of nitrogens with one attached hydrogen (secondary N) is 1. The molecular weight excluding hydrogens is 338 g/mol. The van der Waals surface area contributed by atoms with Crippen molar-refractivity contribution in [3.63, 3.8) is 0 Å². The molecule has 1 saturated carbocycles. The summed E-state index contributed by atoms with van der Waals surface area (Å²) >= 11 is 1.65. The second kappa shape index (κ2) is 8.46. The van der Waals surface area contributed by atoms with Gasteiger partial charge in [-0.15, -0.1) is 10.2 Å². The minimum absolute atomic E-state index is 0.0486. The zero-order valence-corrected chi connectivity index (χ0v) is 15.6. The first-order chi connectivity index (χ1) is 12.2. The Labute approximate surface area is 151 Å². The molecule has 136 valence electrons. The Kier molecular flexibility index (Phi) is 6.06. The monoisotopic (exact) mass is 363 g/mol. The molecule has 2 heterocycles. The third kappa shape index (κ3) is 4.20. The smallest absolute Gasteiger partial charge is 0.244 e. The summed E-state index contributed by atoms with van der Waals surface area (Å²) in [5.41, 5.74) is 0. The second-order valence-electron chi connectivity index (χ2n) is 6.36. The van der Waals surface area contributed by atoms with Crippen LogP contribution < -0.4 is 5.32 Å². The number of thioether (sulfide) groups is 1. The van der Waals surface area contributed by atoms with Crippen LogP contribution in [0.25, 0.3) is 0 Å². The third-order valence-electron chi connectivity index (χ3n) is 4.70. The van der Waals surface area contributed by atoms with E-state index in [9.17, 15) is 4.79 Å². The highest BCUT2D eigenvalue weighted by Crippen LogP contribution is 2.33. The number of aryl methyl sites for hydroxylation is 1. The van der Waals surface area contributed by atoms with Gasteiger partial charge in [0.2, 0.25) is 5.91 Å². The number of nitrogens with zero attached hydrogens (tertiary/aromatic N) is 6. The quantitative estimate of drug-likeness (QED) is 0.570. The lowest BCUT2D eigenvalue weighted by Crippen LogP contribution is -2.32. The number of hydrogen-bond acceptors (Lipinski definition) is 6. The van der Waals surface area contributed by atoms with Gasteiger partial charge in [-0.05, 0) is 32.4 Å². The van der Waals surface area contributed by atoms with Gasteiger partial charge >= 0.3 is 0 Å². The molecule has 3 rings (SSSR count). The predicted octanol–water partition coefficient (Wildman–Crippen LogP) is 2.02. The Morgan fingerprint density at radius 1 is 1.40 bits per heavy atom. The fourth-order valence-corrected chi connectivity index (χ4v) is 3.86. The molecule has 1 fully saturated rings. The van der Waals surface area contributed by atoms with Crippen LogP contribution >= 0.6 is 11.8 Å². The zero-order chi connectivity index (χ0) is 17.6. The first kappa shape index (κ1) is 17.9. The average Bonchev–Trinajstić information content (AvgIpc) is 3.38. The standard InChI is InChI=1S/C16H25N7OS/c1-12(22-11-17-10-19-22)15(24)18-9-5-8-14-20-21-16(25-2)23(14)13-6-3-4-7-13/h10-13H,3-9H2,1-2H3,(H,18,24)/t12-/m0/s1. The van der Waals surface area contributed by atoms with Crippen LogP contribution in [-0.2, 0) is 11.2 Å². The van der Waals surface area contributed by atoms with Gasteiger partial charge in [-0.3, -0.25) is 4.79 Å². The van der Waals surface area contributed by atoms with Crippen molar-refractivity contribution in [1.82, 2.24) is 34.8 Å². The summed E-state index contributed by atoms with van der Waals surface area (Å²) in [6.07, 6.45) is 11.7. The van der Waals surface area contributed by atoms with Gasteiger partial charge < -0.3 is 9.88 Å². The van der Waals surface area contributed by atoms with E-state index in [4.69, 9.17) is 0 Å². The van der Waals surface area contributed by atoms with E-state index in [0.29, 0.717) is 12.6 Å². The lowest BCUT2D eigenvalue weighted by molar-refractivity contribution is -0.124. The van der Waals surface area contributed by atoms with Gasteiger partial charge in [0.1, 0.15) is 24.5 Å². The SMILES string of the molecule is CSc1nnc(CCCNC(=O)[C@H](C)n2cncn2)n1C1CCCC1.